The molecule has 1 unspecified atom stereocenters. The van der Waals surface area contributed by atoms with E-state index in [-0.39, 0.29) is 6.61 Å². The van der Waals surface area contributed by atoms with Gasteiger partial charge in [-0.2, -0.15) is 5.90 Å². The zero-order valence-electron chi connectivity index (χ0n) is 4.92. The van der Waals surface area contributed by atoms with E-state index in [0.717, 1.165) is 0 Å². The van der Waals surface area contributed by atoms with Gasteiger partial charge in [-0.3, -0.25) is 4.57 Å². The minimum absolute atomic E-state index is 0.215. The lowest BCUT2D eigenvalue weighted by atomic mass is 10.9. The van der Waals surface area contributed by atoms with Crippen molar-refractivity contribution in [1.82, 2.24) is 0 Å². The quantitative estimate of drug-likeness (QED) is 0.472. The summed E-state index contributed by atoms with van der Waals surface area (Å²) in [4.78, 5) is 13.8. The molecule has 2 N–H and O–H groups in total. The van der Waals surface area contributed by atoms with Gasteiger partial charge < -0.3 is 9.36 Å². The third kappa shape index (κ3) is 3.24. The highest BCUT2D eigenvalue weighted by Crippen LogP contribution is 2.23. The van der Waals surface area contributed by atoms with Gasteiger partial charge in [0.2, 0.25) is 0 Å². The number of carbonyl (C=O) groups excluding carboxylic acids is 1. The van der Waals surface area contributed by atoms with Gasteiger partial charge in [0, 0.05) is 0 Å². The molecule has 5 nitrogen and oxygen atoms in total. The molecule has 0 rings (SSSR count). The van der Waals surface area contributed by atoms with Crippen molar-refractivity contribution in [1.29, 1.82) is 0 Å². The molecule has 0 spiro atoms. The number of hydrogen-bond acceptors (Lipinski definition) is 5. The fraction of sp³-hybridized carbons (Fsp3) is 0.667. The van der Waals surface area contributed by atoms with Crippen molar-refractivity contribution in [3.05, 3.63) is 0 Å². The Morgan fingerprint density at radius 1 is 1.78 bits per heavy atom. The van der Waals surface area contributed by atoms with Crippen molar-refractivity contribution in [3.8, 4) is 0 Å². The Hall–Kier alpha value is -0.380. The maximum atomic E-state index is 10.4. The second-order valence-electron chi connectivity index (χ2n) is 1.13. The third-order valence-electron chi connectivity index (χ3n) is 0.549. The Morgan fingerprint density at radius 2 is 2.33 bits per heavy atom. The number of carbonyl (C=O) groups is 1. The monoisotopic (exact) mass is 153 g/mol. The summed E-state index contributed by atoms with van der Waals surface area (Å²) in [6, 6.07) is 0. The van der Waals surface area contributed by atoms with Crippen LogP contribution in [0, 0.1) is 0 Å². The van der Waals surface area contributed by atoms with Gasteiger partial charge >= 0.3 is 5.71 Å². The first-order chi connectivity index (χ1) is 4.22. The van der Waals surface area contributed by atoms with Gasteiger partial charge in [-0.05, 0) is 6.92 Å². The highest BCUT2D eigenvalue weighted by Gasteiger charge is 2.10. The maximum absolute atomic E-state index is 10.4. The first kappa shape index (κ1) is 8.62. The predicted molar refractivity (Wildman–Crippen MR) is 31.3 cm³/mol. The Morgan fingerprint density at radius 3 is 2.67 bits per heavy atom. The minimum atomic E-state index is -2.71. The normalized spacial score (nSPS) is 12.7. The average Bonchev–Trinajstić information content (AvgIpc) is 1.87. The summed E-state index contributed by atoms with van der Waals surface area (Å²) in [5.41, 5.74) is -0.998. The third-order valence-corrected chi connectivity index (χ3v) is 1.55. The minimum Gasteiger partial charge on any atom is -0.366 e. The number of rotatable bonds is 3. The fourth-order valence-electron chi connectivity index (χ4n) is 0.238. The molecule has 0 fully saturated rings. The molecular weight excluding hydrogens is 145 g/mol. The molecule has 0 aliphatic rings. The molecule has 0 aromatic rings. The summed E-state index contributed by atoms with van der Waals surface area (Å²) in [5, 5.41) is 0. The van der Waals surface area contributed by atoms with Gasteiger partial charge in [0.05, 0.1) is 6.61 Å². The summed E-state index contributed by atoms with van der Waals surface area (Å²) in [6.07, 6.45) is 0. The van der Waals surface area contributed by atoms with Crippen molar-refractivity contribution >= 4 is 13.7 Å². The van der Waals surface area contributed by atoms with E-state index in [1.807, 2.05) is 0 Å². The van der Waals surface area contributed by atoms with Gasteiger partial charge in [0.1, 0.15) is 0 Å². The van der Waals surface area contributed by atoms with E-state index in [0.29, 0.717) is 0 Å². The highest BCUT2D eigenvalue weighted by atomic mass is 31.1. The van der Waals surface area contributed by atoms with Crippen LogP contribution in [-0.2, 0) is 13.9 Å². The zero-order chi connectivity index (χ0) is 7.28. The SMILES string of the molecule is CCO[PH](=O)C(=O)ON. The van der Waals surface area contributed by atoms with Crippen LogP contribution in [0.2, 0.25) is 0 Å². The van der Waals surface area contributed by atoms with Crippen LogP contribution in [0.1, 0.15) is 6.92 Å². The predicted octanol–water partition coefficient (Wildman–Crippen LogP) is 0.508. The Kier molecular flexibility index (Phi) is 4.30. The van der Waals surface area contributed by atoms with Crippen LogP contribution in [0.5, 0.6) is 0 Å². The molecule has 0 radical (unpaired) electrons. The van der Waals surface area contributed by atoms with Crippen LogP contribution in [0.15, 0.2) is 0 Å². The summed E-state index contributed by atoms with van der Waals surface area (Å²) in [7, 11) is -2.71. The topological polar surface area (TPSA) is 78.6 Å². The zero-order valence-corrected chi connectivity index (χ0v) is 5.92. The Bertz CT molecular complexity index is 125. The number of hydrogen-bond donors (Lipinski definition) is 1. The molecule has 0 aromatic carbocycles. The molecule has 6 heteroatoms. The maximum Gasteiger partial charge on any atom is 0.406 e. The molecule has 0 aromatic heterocycles. The van der Waals surface area contributed by atoms with Crippen molar-refractivity contribution < 1.29 is 18.7 Å². The molecular formula is C3H8NO4P. The van der Waals surface area contributed by atoms with Crippen molar-refractivity contribution in [2.24, 2.45) is 5.90 Å². The highest BCUT2D eigenvalue weighted by molar-refractivity contribution is 7.58. The van der Waals surface area contributed by atoms with E-state index in [1.165, 1.54) is 0 Å². The van der Waals surface area contributed by atoms with E-state index in [9.17, 15) is 9.36 Å². The van der Waals surface area contributed by atoms with Crippen LogP contribution in [-0.4, -0.2) is 12.3 Å². The smallest absolute Gasteiger partial charge is 0.366 e. The van der Waals surface area contributed by atoms with Gasteiger partial charge in [0.25, 0.3) is 8.03 Å². The lowest BCUT2D eigenvalue weighted by Crippen LogP contribution is -2.04. The van der Waals surface area contributed by atoms with E-state index >= 15 is 0 Å². The molecule has 0 saturated carbocycles. The molecule has 54 valence electrons. The Balaban J connectivity index is 3.60. The summed E-state index contributed by atoms with van der Waals surface area (Å²) >= 11 is 0. The summed E-state index contributed by atoms with van der Waals surface area (Å²) < 4.78 is 14.8. The largest absolute Gasteiger partial charge is 0.406 e. The fourth-order valence-corrected chi connectivity index (χ4v) is 0.714. The second-order valence-corrected chi connectivity index (χ2v) is 2.40. The van der Waals surface area contributed by atoms with Gasteiger partial charge in [-0.1, -0.05) is 0 Å². The van der Waals surface area contributed by atoms with Crippen LogP contribution >= 0.6 is 8.03 Å². The first-order valence-electron chi connectivity index (χ1n) is 2.30. The lowest BCUT2D eigenvalue weighted by Gasteiger charge is -1.95. The molecule has 9 heavy (non-hydrogen) atoms. The molecule has 0 bridgehead atoms. The molecule has 0 heterocycles. The van der Waals surface area contributed by atoms with E-state index < -0.39 is 13.7 Å². The summed E-state index contributed by atoms with van der Waals surface area (Å²) in [6.45, 7) is 1.83. The van der Waals surface area contributed by atoms with E-state index in [4.69, 9.17) is 0 Å². The first-order valence-corrected chi connectivity index (χ1v) is 3.61. The molecule has 0 aliphatic carbocycles. The van der Waals surface area contributed by atoms with E-state index in [2.05, 4.69) is 15.3 Å². The molecule has 0 amide bonds. The van der Waals surface area contributed by atoms with Gasteiger partial charge in [-0.15, -0.1) is 0 Å². The van der Waals surface area contributed by atoms with Crippen LogP contribution < -0.4 is 5.90 Å². The van der Waals surface area contributed by atoms with Gasteiger partial charge in [-0.25, -0.2) is 4.79 Å². The van der Waals surface area contributed by atoms with Crippen LogP contribution in [0.3, 0.4) is 0 Å². The van der Waals surface area contributed by atoms with Crippen LogP contribution in [0.4, 0.5) is 4.79 Å². The standard InChI is InChI=1S/C3H8NO4P/c1-2-7-9(6)3(5)8-4/h9H,2,4H2,1H3. The Labute approximate surface area is 52.9 Å². The molecule has 0 aliphatic heterocycles. The average molecular weight is 153 g/mol. The van der Waals surface area contributed by atoms with Crippen LogP contribution in [0.25, 0.3) is 0 Å². The summed E-state index contributed by atoms with van der Waals surface area (Å²) in [5.74, 6) is 4.40. The van der Waals surface area contributed by atoms with E-state index in [1.54, 1.807) is 6.92 Å². The molecule has 1 atom stereocenters. The van der Waals surface area contributed by atoms with Gasteiger partial charge in [0.15, 0.2) is 0 Å². The van der Waals surface area contributed by atoms with Crippen molar-refractivity contribution in [2.75, 3.05) is 6.61 Å². The van der Waals surface area contributed by atoms with Crippen molar-refractivity contribution in [2.45, 2.75) is 6.92 Å². The lowest BCUT2D eigenvalue weighted by molar-refractivity contribution is 0.170. The molecule has 0 saturated heterocycles. The number of nitrogens with two attached hydrogens (primary N) is 1. The second kappa shape index (κ2) is 4.49. The van der Waals surface area contributed by atoms with Crippen molar-refractivity contribution in [3.63, 3.8) is 0 Å².